The Morgan fingerprint density at radius 2 is 0.764 bits per heavy atom. The van der Waals surface area contributed by atoms with Gasteiger partial charge in [-0.05, 0) is 158 Å². The van der Waals surface area contributed by atoms with Gasteiger partial charge in [0.05, 0.1) is 0 Å². The molecular weight excluding hydrogens is 663 g/mol. The van der Waals surface area contributed by atoms with Crippen molar-refractivity contribution in [2.24, 2.45) is 23.7 Å². The quantitative estimate of drug-likeness (QED) is 0.152. The van der Waals surface area contributed by atoms with Crippen molar-refractivity contribution in [2.75, 3.05) is 4.90 Å². The molecule has 0 heterocycles. The Hall–Kier alpha value is -6.18. The van der Waals surface area contributed by atoms with E-state index < -0.39 is 0 Å². The smallest absolute Gasteiger partial charge is 0.0462 e. The predicted octanol–water partition coefficient (Wildman–Crippen LogP) is 14.7. The van der Waals surface area contributed by atoms with E-state index in [-0.39, 0.29) is 0 Å². The molecule has 1 nitrogen and oxygen atoms in total. The van der Waals surface area contributed by atoms with Crippen LogP contribution in [0.25, 0.3) is 55.3 Å². The summed E-state index contributed by atoms with van der Waals surface area (Å²) in [6.07, 6.45) is 4.38. The Labute approximate surface area is 324 Å². The van der Waals surface area contributed by atoms with Crippen LogP contribution in [0.4, 0.5) is 17.1 Å². The van der Waals surface area contributed by atoms with E-state index in [1.54, 1.807) is 5.56 Å². The predicted molar refractivity (Wildman–Crippen MR) is 231 cm³/mol. The molecule has 8 aromatic rings. The van der Waals surface area contributed by atoms with Crippen LogP contribution in [0.2, 0.25) is 0 Å². The van der Waals surface area contributed by atoms with Crippen LogP contribution in [0.15, 0.2) is 194 Å². The molecule has 4 atom stereocenters. The lowest BCUT2D eigenvalue weighted by Gasteiger charge is -2.26. The van der Waals surface area contributed by atoms with E-state index in [9.17, 15) is 0 Å². The molecule has 12 rings (SSSR count). The summed E-state index contributed by atoms with van der Waals surface area (Å²) in [5.41, 5.74) is 15.0. The lowest BCUT2D eigenvalue weighted by atomic mass is 9.80. The van der Waals surface area contributed by atoms with Crippen molar-refractivity contribution in [1.29, 1.82) is 0 Å². The summed E-state index contributed by atoms with van der Waals surface area (Å²) in [6, 6.07) is 71.5. The summed E-state index contributed by atoms with van der Waals surface area (Å²) in [6.45, 7) is 0. The average molecular weight is 706 g/mol. The van der Waals surface area contributed by atoms with Gasteiger partial charge >= 0.3 is 0 Å². The fourth-order valence-corrected chi connectivity index (χ4v) is 10.9. The van der Waals surface area contributed by atoms with Crippen LogP contribution in [0.3, 0.4) is 0 Å². The average Bonchev–Trinajstić information content (AvgIpc) is 4.04. The Morgan fingerprint density at radius 3 is 1.24 bits per heavy atom. The van der Waals surface area contributed by atoms with Gasteiger partial charge in [-0.3, -0.25) is 0 Å². The Morgan fingerprint density at radius 1 is 0.327 bits per heavy atom. The maximum absolute atomic E-state index is 2.51. The first-order valence-electron chi connectivity index (χ1n) is 20.1. The number of anilines is 3. The minimum atomic E-state index is 0.712. The molecule has 4 bridgehead atoms. The van der Waals surface area contributed by atoms with Gasteiger partial charge in [-0.1, -0.05) is 146 Å². The lowest BCUT2D eigenvalue weighted by Crippen LogP contribution is -2.12. The molecule has 1 heteroatoms. The normalized spacial score (nSPS) is 20.7. The summed E-state index contributed by atoms with van der Waals surface area (Å²) >= 11 is 0. The Balaban J connectivity index is 1.00. The molecule has 0 spiro atoms. The first kappa shape index (κ1) is 32.3. The van der Waals surface area contributed by atoms with Gasteiger partial charge in [-0.25, -0.2) is 0 Å². The number of benzene rings is 8. The fraction of sp³-hybridized carbons (Fsp3) is 0.148. The van der Waals surface area contributed by atoms with E-state index in [1.807, 2.05) is 0 Å². The van der Waals surface area contributed by atoms with Gasteiger partial charge in [-0.15, -0.1) is 0 Å². The van der Waals surface area contributed by atoms with Crippen LogP contribution < -0.4 is 4.90 Å². The third-order valence-corrected chi connectivity index (χ3v) is 13.3. The largest absolute Gasteiger partial charge is 0.311 e. The monoisotopic (exact) mass is 705 g/mol. The highest BCUT2D eigenvalue weighted by Crippen LogP contribution is 2.69. The topological polar surface area (TPSA) is 3.24 Å². The van der Waals surface area contributed by atoms with Gasteiger partial charge in [0.2, 0.25) is 0 Å². The van der Waals surface area contributed by atoms with Crippen molar-refractivity contribution in [3.8, 4) is 44.5 Å². The van der Waals surface area contributed by atoms with Crippen LogP contribution in [-0.2, 0) is 0 Å². The summed E-state index contributed by atoms with van der Waals surface area (Å²) in [5, 5.41) is 2.83. The molecule has 0 radical (unpaired) electrons. The third-order valence-electron chi connectivity index (χ3n) is 13.3. The van der Waals surface area contributed by atoms with Crippen molar-refractivity contribution in [3.05, 3.63) is 200 Å². The van der Waals surface area contributed by atoms with Crippen LogP contribution in [0.1, 0.15) is 30.7 Å². The molecule has 0 aromatic heterocycles. The second-order valence-electron chi connectivity index (χ2n) is 16.1. The maximum atomic E-state index is 2.51. The summed E-state index contributed by atoms with van der Waals surface area (Å²) < 4.78 is 0. The number of fused-ring (bicyclic) bond motifs is 1. The number of rotatable bonds is 8. The van der Waals surface area contributed by atoms with Gasteiger partial charge in [0.25, 0.3) is 0 Å². The molecule has 0 saturated heterocycles. The molecule has 4 aliphatic carbocycles. The van der Waals surface area contributed by atoms with E-state index in [4.69, 9.17) is 0 Å². The first-order chi connectivity index (χ1) is 27.2. The van der Waals surface area contributed by atoms with E-state index >= 15 is 0 Å². The lowest BCUT2D eigenvalue weighted by molar-refractivity contribution is 0.400. The first-order valence-corrected chi connectivity index (χ1v) is 20.1. The van der Waals surface area contributed by atoms with E-state index in [1.165, 1.54) is 74.5 Å². The van der Waals surface area contributed by atoms with E-state index in [0.29, 0.717) is 5.92 Å². The van der Waals surface area contributed by atoms with Crippen LogP contribution in [0.5, 0.6) is 0 Å². The van der Waals surface area contributed by atoms with Crippen molar-refractivity contribution in [2.45, 2.75) is 25.2 Å². The third kappa shape index (κ3) is 5.61. The highest BCUT2D eigenvalue weighted by atomic mass is 15.1. The standard InChI is InChI=1S/C54H43N/c1-4-11-36(12-5-1)38-19-25-45(26-20-38)55(46-27-21-39(22-28-46)37-13-6-2-7-14-37)47-29-23-40(24-30-47)42-32-50(41-15-8-3-9-16-41)48-17-10-18-49(53(48)33-42)54-51-34-43-31-44(51)35-52(43)54/h1-30,32-33,43-44,51-52,54H,31,34-35H2. The van der Waals surface area contributed by atoms with E-state index in [2.05, 4.69) is 199 Å². The number of nitrogens with zero attached hydrogens (tertiary/aromatic N) is 1. The number of hydrogen-bond acceptors (Lipinski definition) is 1. The highest BCUT2D eigenvalue weighted by molar-refractivity contribution is 6.02. The maximum Gasteiger partial charge on any atom is 0.0462 e. The molecule has 8 aromatic carbocycles. The molecule has 4 saturated carbocycles. The molecule has 0 amide bonds. The second kappa shape index (κ2) is 13.3. The minimum absolute atomic E-state index is 0.712. The molecule has 0 aliphatic heterocycles. The highest BCUT2D eigenvalue weighted by Gasteiger charge is 2.59. The van der Waals surface area contributed by atoms with Gasteiger partial charge in [-0.2, -0.15) is 0 Å². The van der Waals surface area contributed by atoms with Crippen LogP contribution >= 0.6 is 0 Å². The van der Waals surface area contributed by atoms with Gasteiger partial charge < -0.3 is 4.90 Å². The summed E-state index contributed by atoms with van der Waals surface area (Å²) in [5.74, 6) is 4.36. The molecule has 4 aliphatic rings. The zero-order valence-corrected chi connectivity index (χ0v) is 30.9. The molecule has 4 fully saturated rings. The Bertz CT molecular complexity index is 2510. The van der Waals surface area contributed by atoms with Gasteiger partial charge in [0.15, 0.2) is 0 Å². The van der Waals surface area contributed by atoms with Gasteiger partial charge in [0.1, 0.15) is 0 Å². The molecular formula is C54H43N. The minimum Gasteiger partial charge on any atom is -0.311 e. The van der Waals surface area contributed by atoms with Crippen molar-refractivity contribution in [1.82, 2.24) is 0 Å². The molecule has 264 valence electrons. The van der Waals surface area contributed by atoms with Gasteiger partial charge in [0, 0.05) is 17.1 Å². The SMILES string of the molecule is c1ccc(-c2ccc(N(c3ccc(-c4ccccc4)cc3)c3ccc(-c4cc(-c5ccccc5)c5cccc(C6C7CC8CC7CC86)c5c4)cc3)cc2)cc1. The van der Waals surface area contributed by atoms with Crippen molar-refractivity contribution >= 4 is 27.8 Å². The van der Waals surface area contributed by atoms with Crippen LogP contribution in [0, 0.1) is 23.7 Å². The van der Waals surface area contributed by atoms with Crippen LogP contribution in [-0.4, -0.2) is 0 Å². The fourth-order valence-electron chi connectivity index (χ4n) is 10.9. The second-order valence-corrected chi connectivity index (χ2v) is 16.1. The molecule has 55 heavy (non-hydrogen) atoms. The zero-order chi connectivity index (χ0) is 36.3. The Kier molecular flexibility index (Phi) is 7.80. The zero-order valence-electron chi connectivity index (χ0n) is 30.9. The molecule has 0 N–H and O–H groups in total. The van der Waals surface area contributed by atoms with Crippen molar-refractivity contribution in [3.63, 3.8) is 0 Å². The summed E-state index contributed by atoms with van der Waals surface area (Å²) in [4.78, 5) is 2.38. The van der Waals surface area contributed by atoms with E-state index in [0.717, 1.165) is 40.7 Å². The van der Waals surface area contributed by atoms with Crippen molar-refractivity contribution < 1.29 is 0 Å². The molecule has 4 unspecified atom stereocenters. The summed E-state index contributed by atoms with van der Waals surface area (Å²) in [7, 11) is 0. The number of hydrogen-bond donors (Lipinski definition) is 0.